The second-order valence-electron chi connectivity index (χ2n) is 4.39. The van der Waals surface area contributed by atoms with Crippen molar-refractivity contribution >= 4 is 27.7 Å². The van der Waals surface area contributed by atoms with Crippen molar-refractivity contribution in [3.63, 3.8) is 0 Å². The van der Waals surface area contributed by atoms with E-state index in [4.69, 9.17) is 0 Å². The molecule has 1 atom stereocenters. The summed E-state index contributed by atoms with van der Waals surface area (Å²) in [7, 11) is 0. The molecule has 0 fully saturated rings. The van der Waals surface area contributed by atoms with E-state index in [0.29, 0.717) is 0 Å². The van der Waals surface area contributed by atoms with Gasteiger partial charge in [-0.25, -0.2) is 0 Å². The number of thioether (sulfide) groups is 1. The quantitative estimate of drug-likeness (QED) is 0.739. The number of rotatable bonds is 8. The third-order valence-electron chi connectivity index (χ3n) is 3.12. The Bertz CT molecular complexity index is 365. The summed E-state index contributed by atoms with van der Waals surface area (Å²) in [5.74, 6) is 0. The smallest absolute Gasteiger partial charge is 0.0767 e. The molecule has 18 heavy (non-hydrogen) atoms. The van der Waals surface area contributed by atoms with Gasteiger partial charge in [0.05, 0.1) is 15.9 Å². The number of hydrogen-bond acceptors (Lipinski definition) is 3. The number of hydrogen-bond donors (Lipinski definition) is 1. The van der Waals surface area contributed by atoms with Gasteiger partial charge < -0.3 is 5.32 Å². The fourth-order valence-corrected chi connectivity index (χ4v) is 2.87. The lowest BCUT2D eigenvalue weighted by molar-refractivity contribution is 0.569. The van der Waals surface area contributed by atoms with Gasteiger partial charge in [-0.1, -0.05) is 13.8 Å². The first kappa shape index (κ1) is 16.1. The van der Waals surface area contributed by atoms with E-state index in [9.17, 15) is 0 Å². The van der Waals surface area contributed by atoms with Gasteiger partial charge in [-0.15, -0.1) is 0 Å². The summed E-state index contributed by atoms with van der Waals surface area (Å²) in [4.78, 5) is 0. The summed E-state index contributed by atoms with van der Waals surface area (Å²) >= 11 is 5.59. The number of nitrogens with one attached hydrogen (secondary N) is 1. The van der Waals surface area contributed by atoms with Gasteiger partial charge in [-0.3, -0.25) is 4.68 Å². The van der Waals surface area contributed by atoms with Crippen molar-refractivity contribution in [3.8, 4) is 0 Å². The van der Waals surface area contributed by atoms with Gasteiger partial charge in [0, 0.05) is 18.3 Å². The molecule has 1 aromatic heterocycles. The minimum Gasteiger partial charge on any atom is -0.311 e. The van der Waals surface area contributed by atoms with Crippen molar-refractivity contribution in [1.29, 1.82) is 0 Å². The highest BCUT2D eigenvalue weighted by molar-refractivity contribution is 9.10. The molecule has 0 saturated carbocycles. The normalized spacial score (nSPS) is 12.9. The van der Waals surface area contributed by atoms with Crippen LogP contribution < -0.4 is 5.32 Å². The molecule has 0 saturated heterocycles. The van der Waals surface area contributed by atoms with Crippen LogP contribution in [0.4, 0.5) is 0 Å². The molecule has 5 heteroatoms. The molecule has 1 heterocycles. The first-order chi connectivity index (χ1) is 8.63. The maximum absolute atomic E-state index is 4.60. The van der Waals surface area contributed by atoms with E-state index in [-0.39, 0.29) is 0 Å². The van der Waals surface area contributed by atoms with Crippen molar-refractivity contribution < 1.29 is 0 Å². The van der Waals surface area contributed by atoms with Gasteiger partial charge in [0.25, 0.3) is 0 Å². The second-order valence-corrected chi connectivity index (χ2v) is 6.46. The van der Waals surface area contributed by atoms with Gasteiger partial charge in [-0.05, 0) is 48.5 Å². The van der Waals surface area contributed by atoms with E-state index in [0.717, 1.165) is 37.0 Å². The van der Waals surface area contributed by atoms with Crippen LogP contribution in [-0.2, 0) is 19.5 Å². The molecule has 0 aromatic carbocycles. The van der Waals surface area contributed by atoms with Gasteiger partial charge >= 0.3 is 0 Å². The fraction of sp³-hybridized carbons (Fsp3) is 0.769. The second kappa shape index (κ2) is 8.23. The van der Waals surface area contributed by atoms with Gasteiger partial charge in [0.1, 0.15) is 0 Å². The summed E-state index contributed by atoms with van der Waals surface area (Å²) in [6.45, 7) is 9.43. The van der Waals surface area contributed by atoms with Crippen LogP contribution in [0.15, 0.2) is 4.47 Å². The molecular formula is C13H24BrN3S. The number of halogens is 1. The predicted octanol–water partition coefficient (Wildman–Crippen LogP) is 3.46. The molecule has 0 aliphatic carbocycles. The summed E-state index contributed by atoms with van der Waals surface area (Å²) in [5, 5.41) is 8.84. The van der Waals surface area contributed by atoms with E-state index < -0.39 is 0 Å². The van der Waals surface area contributed by atoms with E-state index in [1.165, 1.54) is 16.6 Å². The number of aryl methyl sites for hydroxylation is 2. The Kier molecular flexibility index (Phi) is 7.34. The highest BCUT2D eigenvalue weighted by Crippen LogP contribution is 2.22. The molecule has 1 rings (SSSR count). The van der Waals surface area contributed by atoms with Gasteiger partial charge in [0.15, 0.2) is 0 Å². The van der Waals surface area contributed by atoms with Crippen LogP contribution in [0.1, 0.15) is 38.6 Å². The van der Waals surface area contributed by atoms with Crippen LogP contribution in [0.5, 0.6) is 0 Å². The maximum Gasteiger partial charge on any atom is 0.0767 e. The van der Waals surface area contributed by atoms with E-state index >= 15 is 0 Å². The molecule has 0 amide bonds. The van der Waals surface area contributed by atoms with Crippen LogP contribution in [0, 0.1) is 0 Å². The lowest BCUT2D eigenvalue weighted by Gasteiger charge is -2.10. The van der Waals surface area contributed by atoms with Gasteiger partial charge in [0.2, 0.25) is 0 Å². The van der Waals surface area contributed by atoms with E-state index in [1.807, 2.05) is 11.8 Å². The Morgan fingerprint density at radius 1 is 1.44 bits per heavy atom. The third kappa shape index (κ3) is 4.28. The van der Waals surface area contributed by atoms with Crippen molar-refractivity contribution in [2.75, 3.05) is 12.8 Å². The molecule has 0 radical (unpaired) electrons. The Morgan fingerprint density at radius 3 is 2.72 bits per heavy atom. The monoisotopic (exact) mass is 333 g/mol. The van der Waals surface area contributed by atoms with Crippen molar-refractivity contribution in [1.82, 2.24) is 15.1 Å². The van der Waals surface area contributed by atoms with Crippen LogP contribution in [0.3, 0.4) is 0 Å². The average Bonchev–Trinajstić information content (AvgIpc) is 2.70. The highest BCUT2D eigenvalue weighted by Gasteiger charge is 2.13. The predicted molar refractivity (Wildman–Crippen MR) is 84.3 cm³/mol. The molecule has 0 aliphatic heterocycles. The SMILES string of the molecule is CCc1nn(CC)c(CNCCC(C)SC)c1Br. The fourth-order valence-electron chi connectivity index (χ4n) is 1.82. The molecule has 1 aromatic rings. The summed E-state index contributed by atoms with van der Waals surface area (Å²) in [6.07, 6.45) is 4.35. The topological polar surface area (TPSA) is 29.9 Å². The maximum atomic E-state index is 4.60. The Balaban J connectivity index is 2.53. The summed E-state index contributed by atoms with van der Waals surface area (Å²) in [6, 6.07) is 0. The Labute approximate surface area is 123 Å². The zero-order valence-corrected chi connectivity index (χ0v) is 14.2. The van der Waals surface area contributed by atoms with Crippen molar-refractivity contribution in [2.24, 2.45) is 0 Å². The zero-order valence-electron chi connectivity index (χ0n) is 11.8. The molecule has 1 N–H and O–H groups in total. The summed E-state index contributed by atoms with van der Waals surface area (Å²) in [5.41, 5.74) is 2.43. The lowest BCUT2D eigenvalue weighted by Crippen LogP contribution is -2.20. The highest BCUT2D eigenvalue weighted by atomic mass is 79.9. The minimum atomic E-state index is 0.725. The van der Waals surface area contributed by atoms with E-state index in [1.54, 1.807) is 0 Å². The molecule has 1 unspecified atom stereocenters. The Hall–Kier alpha value is -0.000000000000000111. The van der Waals surface area contributed by atoms with Crippen molar-refractivity contribution in [2.45, 2.75) is 52.0 Å². The summed E-state index contributed by atoms with van der Waals surface area (Å²) < 4.78 is 3.27. The van der Waals surface area contributed by atoms with Crippen LogP contribution in [-0.4, -0.2) is 27.8 Å². The minimum absolute atomic E-state index is 0.725. The molecule has 0 aliphatic rings. The standard InChI is InChI=1S/C13H24BrN3S/c1-5-11-13(14)12(17(6-2)16-11)9-15-8-7-10(3)18-4/h10,15H,5-9H2,1-4H3. The van der Waals surface area contributed by atoms with Crippen LogP contribution >= 0.6 is 27.7 Å². The lowest BCUT2D eigenvalue weighted by atomic mass is 10.3. The largest absolute Gasteiger partial charge is 0.311 e. The number of nitrogens with zero attached hydrogens (tertiary/aromatic N) is 2. The van der Waals surface area contributed by atoms with E-state index in [2.05, 4.69) is 58.1 Å². The zero-order chi connectivity index (χ0) is 13.5. The first-order valence-corrected chi connectivity index (χ1v) is 8.69. The molecular weight excluding hydrogens is 310 g/mol. The van der Waals surface area contributed by atoms with Crippen LogP contribution in [0.25, 0.3) is 0 Å². The van der Waals surface area contributed by atoms with Crippen molar-refractivity contribution in [3.05, 3.63) is 15.9 Å². The average molecular weight is 334 g/mol. The first-order valence-electron chi connectivity index (χ1n) is 6.61. The van der Waals surface area contributed by atoms with Gasteiger partial charge in [-0.2, -0.15) is 16.9 Å². The van der Waals surface area contributed by atoms with Crippen LogP contribution in [0.2, 0.25) is 0 Å². The molecule has 0 spiro atoms. The molecule has 0 bridgehead atoms. The third-order valence-corrected chi connectivity index (χ3v) is 5.07. The molecule has 3 nitrogen and oxygen atoms in total. The number of aromatic nitrogens is 2. The Morgan fingerprint density at radius 2 is 2.17 bits per heavy atom. The molecule has 104 valence electrons.